The molecular weight excluding hydrogens is 242 g/mol. The Labute approximate surface area is 102 Å². The standard InChI is InChI=1S/C9H13N5S2/c1-4-14-8(7(10)5(2)13-14)16-9-12-11-6(3)15-9/h4,10H2,1-3H3. The second-order valence-corrected chi connectivity index (χ2v) is 5.73. The fourth-order valence-corrected chi connectivity index (χ4v) is 3.26. The van der Waals surface area contributed by atoms with Gasteiger partial charge in [0, 0.05) is 6.54 Å². The third-order valence-corrected chi connectivity index (χ3v) is 4.13. The summed E-state index contributed by atoms with van der Waals surface area (Å²) in [5.41, 5.74) is 7.59. The van der Waals surface area contributed by atoms with E-state index in [1.54, 1.807) is 11.3 Å². The lowest BCUT2D eigenvalue weighted by atomic mass is 10.4. The molecule has 0 aromatic carbocycles. The lowest BCUT2D eigenvalue weighted by Crippen LogP contribution is -1.98. The van der Waals surface area contributed by atoms with Crippen molar-refractivity contribution < 1.29 is 0 Å². The molecule has 0 aliphatic carbocycles. The summed E-state index contributed by atoms with van der Waals surface area (Å²) < 4.78 is 2.80. The third kappa shape index (κ3) is 2.05. The highest BCUT2D eigenvalue weighted by molar-refractivity contribution is 8.01. The Hall–Kier alpha value is -1.08. The number of nitrogen functional groups attached to an aromatic ring is 1. The summed E-state index contributed by atoms with van der Waals surface area (Å²) >= 11 is 3.09. The summed E-state index contributed by atoms with van der Waals surface area (Å²) in [7, 11) is 0. The van der Waals surface area contributed by atoms with E-state index in [0.717, 1.165) is 32.3 Å². The predicted molar refractivity (Wildman–Crippen MR) is 65.8 cm³/mol. The van der Waals surface area contributed by atoms with Crippen LogP contribution in [0.3, 0.4) is 0 Å². The molecule has 2 aromatic rings. The van der Waals surface area contributed by atoms with Gasteiger partial charge in [-0.25, -0.2) is 0 Å². The Morgan fingerprint density at radius 2 is 2.12 bits per heavy atom. The van der Waals surface area contributed by atoms with Gasteiger partial charge in [-0.15, -0.1) is 10.2 Å². The Morgan fingerprint density at radius 1 is 1.38 bits per heavy atom. The first-order valence-corrected chi connectivity index (χ1v) is 6.56. The van der Waals surface area contributed by atoms with Crippen molar-refractivity contribution in [3.05, 3.63) is 10.7 Å². The van der Waals surface area contributed by atoms with Gasteiger partial charge in [-0.1, -0.05) is 11.3 Å². The normalized spacial score (nSPS) is 10.9. The summed E-state index contributed by atoms with van der Waals surface area (Å²) in [6, 6.07) is 0. The molecule has 5 nitrogen and oxygen atoms in total. The molecule has 0 unspecified atom stereocenters. The highest BCUT2D eigenvalue weighted by Crippen LogP contribution is 2.35. The van der Waals surface area contributed by atoms with Crippen LogP contribution in [0.1, 0.15) is 17.6 Å². The number of hydrogen-bond acceptors (Lipinski definition) is 6. The zero-order valence-corrected chi connectivity index (χ0v) is 11.0. The molecule has 0 aliphatic rings. The van der Waals surface area contributed by atoms with E-state index in [2.05, 4.69) is 15.3 Å². The molecule has 86 valence electrons. The molecule has 2 heterocycles. The molecule has 0 radical (unpaired) electrons. The molecule has 0 aliphatic heterocycles. The number of hydrogen-bond donors (Lipinski definition) is 1. The first-order valence-electron chi connectivity index (χ1n) is 4.92. The van der Waals surface area contributed by atoms with Gasteiger partial charge in [0.15, 0.2) is 4.34 Å². The van der Waals surface area contributed by atoms with E-state index in [1.807, 2.05) is 25.5 Å². The molecule has 0 bridgehead atoms. The highest BCUT2D eigenvalue weighted by Gasteiger charge is 2.14. The molecular formula is C9H13N5S2. The number of nitrogens with two attached hydrogens (primary N) is 1. The number of nitrogens with zero attached hydrogens (tertiary/aromatic N) is 4. The van der Waals surface area contributed by atoms with Crippen LogP contribution in [0.5, 0.6) is 0 Å². The van der Waals surface area contributed by atoms with Crippen LogP contribution in [0.25, 0.3) is 0 Å². The maximum Gasteiger partial charge on any atom is 0.180 e. The highest BCUT2D eigenvalue weighted by atomic mass is 32.2. The average molecular weight is 255 g/mol. The molecule has 0 amide bonds. The van der Waals surface area contributed by atoms with Gasteiger partial charge in [0.25, 0.3) is 0 Å². The largest absolute Gasteiger partial charge is 0.395 e. The van der Waals surface area contributed by atoms with Gasteiger partial charge < -0.3 is 5.73 Å². The first-order chi connectivity index (χ1) is 7.61. The monoisotopic (exact) mass is 255 g/mol. The van der Waals surface area contributed by atoms with Crippen molar-refractivity contribution in [1.82, 2.24) is 20.0 Å². The van der Waals surface area contributed by atoms with Gasteiger partial charge in [0.1, 0.15) is 10.0 Å². The molecule has 0 saturated carbocycles. The Morgan fingerprint density at radius 3 is 2.69 bits per heavy atom. The summed E-state index contributed by atoms with van der Waals surface area (Å²) in [6.07, 6.45) is 0. The number of rotatable bonds is 3. The van der Waals surface area contributed by atoms with Crippen molar-refractivity contribution in [2.75, 3.05) is 5.73 Å². The van der Waals surface area contributed by atoms with Crippen molar-refractivity contribution >= 4 is 28.8 Å². The quantitative estimate of drug-likeness (QED) is 0.909. The van der Waals surface area contributed by atoms with Crippen LogP contribution in [-0.2, 0) is 6.54 Å². The molecule has 0 saturated heterocycles. The van der Waals surface area contributed by atoms with Crippen LogP contribution in [0.2, 0.25) is 0 Å². The molecule has 2 N–H and O–H groups in total. The van der Waals surface area contributed by atoms with E-state index in [0.29, 0.717) is 0 Å². The third-order valence-electron chi connectivity index (χ3n) is 2.12. The number of anilines is 1. The molecule has 16 heavy (non-hydrogen) atoms. The molecule has 0 fully saturated rings. The minimum atomic E-state index is 0.736. The Bertz CT molecular complexity index is 502. The van der Waals surface area contributed by atoms with Gasteiger partial charge in [0.05, 0.1) is 11.4 Å². The first kappa shape index (κ1) is 11.4. The van der Waals surface area contributed by atoms with Crippen molar-refractivity contribution in [3.8, 4) is 0 Å². The number of aromatic nitrogens is 4. The van der Waals surface area contributed by atoms with Crippen LogP contribution in [-0.4, -0.2) is 20.0 Å². The average Bonchev–Trinajstić information content (AvgIpc) is 2.77. The van der Waals surface area contributed by atoms with Crippen LogP contribution in [0.4, 0.5) is 5.69 Å². The Balaban J connectivity index is 2.33. The van der Waals surface area contributed by atoms with E-state index >= 15 is 0 Å². The minimum absolute atomic E-state index is 0.736. The lowest BCUT2D eigenvalue weighted by Gasteiger charge is -2.01. The van der Waals surface area contributed by atoms with Gasteiger partial charge in [-0.05, 0) is 32.5 Å². The Kier molecular flexibility index (Phi) is 3.15. The SMILES string of the molecule is CCn1nc(C)c(N)c1Sc1nnc(C)s1. The van der Waals surface area contributed by atoms with Crippen molar-refractivity contribution in [2.24, 2.45) is 0 Å². The van der Waals surface area contributed by atoms with Crippen LogP contribution in [0, 0.1) is 13.8 Å². The fourth-order valence-electron chi connectivity index (χ4n) is 1.30. The second-order valence-electron chi connectivity index (χ2n) is 3.31. The summed E-state index contributed by atoms with van der Waals surface area (Å²) in [5.74, 6) is 0. The fraction of sp³-hybridized carbons (Fsp3) is 0.444. The zero-order valence-electron chi connectivity index (χ0n) is 9.39. The van der Waals surface area contributed by atoms with Crippen molar-refractivity contribution in [3.63, 3.8) is 0 Å². The van der Waals surface area contributed by atoms with Gasteiger partial charge in [0.2, 0.25) is 0 Å². The minimum Gasteiger partial charge on any atom is -0.395 e. The summed E-state index contributed by atoms with van der Waals surface area (Å²) in [6.45, 7) is 6.70. The van der Waals surface area contributed by atoms with Crippen LogP contribution in [0.15, 0.2) is 9.37 Å². The van der Waals surface area contributed by atoms with Crippen LogP contribution >= 0.6 is 23.1 Å². The molecule has 0 spiro atoms. The van der Waals surface area contributed by atoms with E-state index in [9.17, 15) is 0 Å². The molecule has 2 rings (SSSR count). The van der Waals surface area contributed by atoms with Crippen LogP contribution < -0.4 is 5.73 Å². The van der Waals surface area contributed by atoms with Gasteiger partial charge in [-0.3, -0.25) is 4.68 Å². The summed E-state index contributed by atoms with van der Waals surface area (Å²) in [5, 5.41) is 14.3. The summed E-state index contributed by atoms with van der Waals surface area (Å²) in [4.78, 5) is 0. The van der Waals surface area contributed by atoms with E-state index in [-0.39, 0.29) is 0 Å². The molecule has 2 aromatic heterocycles. The number of aryl methyl sites for hydroxylation is 3. The van der Waals surface area contributed by atoms with E-state index in [1.165, 1.54) is 11.8 Å². The zero-order chi connectivity index (χ0) is 11.7. The lowest BCUT2D eigenvalue weighted by molar-refractivity contribution is 0.602. The van der Waals surface area contributed by atoms with E-state index < -0.39 is 0 Å². The van der Waals surface area contributed by atoms with Crippen molar-refractivity contribution in [1.29, 1.82) is 0 Å². The maximum absolute atomic E-state index is 5.99. The van der Waals surface area contributed by atoms with Gasteiger partial charge >= 0.3 is 0 Å². The van der Waals surface area contributed by atoms with Crippen molar-refractivity contribution in [2.45, 2.75) is 36.7 Å². The maximum atomic E-state index is 5.99. The topological polar surface area (TPSA) is 69.6 Å². The molecule has 0 atom stereocenters. The van der Waals surface area contributed by atoms with E-state index in [4.69, 9.17) is 5.73 Å². The second kappa shape index (κ2) is 4.42. The smallest absolute Gasteiger partial charge is 0.180 e. The predicted octanol–water partition coefficient (Wildman–Crippen LogP) is 2.10. The molecule has 7 heteroatoms. The van der Waals surface area contributed by atoms with Gasteiger partial charge in [-0.2, -0.15) is 5.10 Å².